The lowest BCUT2D eigenvalue weighted by Crippen LogP contribution is -2.39. The third-order valence-corrected chi connectivity index (χ3v) is 4.37. The van der Waals surface area contributed by atoms with Gasteiger partial charge in [-0.25, -0.2) is 0 Å². The van der Waals surface area contributed by atoms with E-state index in [2.05, 4.69) is 41.5 Å². The fourth-order valence-electron chi connectivity index (χ4n) is 3.04. The molecule has 1 aromatic carbocycles. The second kappa shape index (κ2) is 8.62. The van der Waals surface area contributed by atoms with Gasteiger partial charge >= 0.3 is 0 Å². The Morgan fingerprint density at radius 3 is 2.92 bits per heavy atom. The van der Waals surface area contributed by atoms with Gasteiger partial charge in [-0.1, -0.05) is 29.8 Å². The molecule has 1 saturated heterocycles. The Morgan fingerprint density at radius 1 is 1.32 bits per heavy atom. The predicted molar refractivity (Wildman–Crippen MR) is 95.3 cm³/mol. The zero-order chi connectivity index (χ0) is 17.5. The molecule has 3 rings (SSSR count). The summed E-state index contributed by atoms with van der Waals surface area (Å²) < 4.78 is 11.5. The molecule has 2 heterocycles. The minimum absolute atomic E-state index is 0.0278. The standard InChI is InChI=1S/C20H24N2O3/c1-15-6-8-16(9-7-15)19-18(5-3-12-25-19)20(23)22-11-13-24-17-4-2-10-21-14-17/h2,4,6-10,14,18-19H,3,5,11-13H2,1H3,(H,22,23)/t18-,19+/m0/s1. The number of aryl methyl sites for hydroxylation is 1. The van der Waals surface area contributed by atoms with Crippen molar-refractivity contribution >= 4 is 5.91 Å². The number of nitrogens with zero attached hydrogens (tertiary/aromatic N) is 1. The van der Waals surface area contributed by atoms with Crippen LogP contribution in [0, 0.1) is 12.8 Å². The number of amides is 1. The van der Waals surface area contributed by atoms with E-state index in [-0.39, 0.29) is 17.9 Å². The summed E-state index contributed by atoms with van der Waals surface area (Å²) in [6.45, 7) is 3.63. The van der Waals surface area contributed by atoms with E-state index in [1.54, 1.807) is 12.4 Å². The van der Waals surface area contributed by atoms with E-state index in [1.807, 2.05) is 12.1 Å². The van der Waals surface area contributed by atoms with E-state index in [0.717, 1.165) is 18.4 Å². The van der Waals surface area contributed by atoms with Crippen molar-refractivity contribution < 1.29 is 14.3 Å². The normalized spacial score (nSPS) is 20.0. The first-order valence-corrected chi connectivity index (χ1v) is 8.73. The van der Waals surface area contributed by atoms with Gasteiger partial charge in [0.2, 0.25) is 5.91 Å². The van der Waals surface area contributed by atoms with Crippen LogP contribution in [0.2, 0.25) is 0 Å². The molecule has 1 aliphatic rings. The first-order chi connectivity index (χ1) is 12.2. The van der Waals surface area contributed by atoms with Crippen LogP contribution < -0.4 is 10.1 Å². The summed E-state index contributed by atoms with van der Waals surface area (Å²) in [5, 5.41) is 2.97. The summed E-state index contributed by atoms with van der Waals surface area (Å²) >= 11 is 0. The van der Waals surface area contributed by atoms with Crippen LogP contribution in [0.4, 0.5) is 0 Å². The first kappa shape index (κ1) is 17.4. The van der Waals surface area contributed by atoms with Gasteiger partial charge in [0.05, 0.1) is 24.8 Å². The molecule has 1 amide bonds. The molecule has 2 aromatic rings. The molecule has 0 saturated carbocycles. The molecule has 25 heavy (non-hydrogen) atoms. The maximum atomic E-state index is 12.6. The van der Waals surface area contributed by atoms with Gasteiger partial charge in [-0.15, -0.1) is 0 Å². The number of rotatable bonds is 6. The number of benzene rings is 1. The van der Waals surface area contributed by atoms with Gasteiger partial charge in [0.1, 0.15) is 12.4 Å². The summed E-state index contributed by atoms with van der Waals surface area (Å²) in [4.78, 5) is 16.6. The number of carbonyl (C=O) groups excluding carboxylic acids is 1. The van der Waals surface area contributed by atoms with E-state index in [1.165, 1.54) is 5.56 Å². The lowest BCUT2D eigenvalue weighted by molar-refractivity contribution is -0.134. The van der Waals surface area contributed by atoms with Crippen molar-refractivity contribution in [1.82, 2.24) is 10.3 Å². The zero-order valence-electron chi connectivity index (χ0n) is 14.5. The molecule has 0 unspecified atom stereocenters. The minimum Gasteiger partial charge on any atom is -0.490 e. The number of carbonyl (C=O) groups is 1. The van der Waals surface area contributed by atoms with Gasteiger partial charge in [-0.3, -0.25) is 9.78 Å². The Bertz CT molecular complexity index is 673. The fourth-order valence-corrected chi connectivity index (χ4v) is 3.04. The average Bonchev–Trinajstić information content (AvgIpc) is 2.66. The van der Waals surface area contributed by atoms with Crippen molar-refractivity contribution in [3.8, 4) is 5.75 Å². The molecule has 1 fully saturated rings. The lowest BCUT2D eigenvalue weighted by atomic mass is 9.88. The lowest BCUT2D eigenvalue weighted by Gasteiger charge is -2.31. The van der Waals surface area contributed by atoms with Gasteiger partial charge in [0, 0.05) is 12.8 Å². The predicted octanol–water partition coefficient (Wildman–Crippen LogP) is 3.05. The maximum Gasteiger partial charge on any atom is 0.226 e. The molecule has 1 aliphatic heterocycles. The largest absolute Gasteiger partial charge is 0.490 e. The van der Waals surface area contributed by atoms with Gasteiger partial charge in [-0.05, 0) is 37.5 Å². The molecular formula is C20H24N2O3. The summed E-state index contributed by atoms with van der Waals surface area (Å²) in [6, 6.07) is 11.9. The summed E-state index contributed by atoms with van der Waals surface area (Å²) in [6.07, 6.45) is 4.93. The topological polar surface area (TPSA) is 60.5 Å². The molecule has 1 N–H and O–H groups in total. The number of aromatic nitrogens is 1. The van der Waals surface area contributed by atoms with Crippen LogP contribution in [-0.2, 0) is 9.53 Å². The quantitative estimate of drug-likeness (QED) is 0.821. The Morgan fingerprint density at radius 2 is 2.16 bits per heavy atom. The van der Waals surface area contributed by atoms with E-state index >= 15 is 0 Å². The number of hydrogen-bond acceptors (Lipinski definition) is 4. The SMILES string of the molecule is Cc1ccc([C@H]2OCCC[C@@H]2C(=O)NCCOc2cccnc2)cc1. The molecule has 2 atom stereocenters. The van der Waals surface area contributed by atoms with Gasteiger partial charge < -0.3 is 14.8 Å². The van der Waals surface area contributed by atoms with E-state index < -0.39 is 0 Å². The smallest absolute Gasteiger partial charge is 0.226 e. The molecular weight excluding hydrogens is 316 g/mol. The van der Waals surface area contributed by atoms with Gasteiger partial charge in [0.15, 0.2) is 0 Å². The molecule has 0 bridgehead atoms. The number of nitrogens with one attached hydrogen (secondary N) is 1. The Kier molecular flexibility index (Phi) is 6.01. The van der Waals surface area contributed by atoms with E-state index in [4.69, 9.17) is 9.47 Å². The highest BCUT2D eigenvalue weighted by Gasteiger charge is 2.32. The van der Waals surface area contributed by atoms with Crippen molar-refractivity contribution in [2.75, 3.05) is 19.8 Å². The Labute approximate surface area is 148 Å². The highest BCUT2D eigenvalue weighted by atomic mass is 16.5. The molecule has 0 spiro atoms. The molecule has 132 valence electrons. The second-order valence-electron chi connectivity index (χ2n) is 6.28. The summed E-state index contributed by atoms with van der Waals surface area (Å²) in [5.74, 6) is 0.574. The van der Waals surface area contributed by atoms with Crippen molar-refractivity contribution in [2.24, 2.45) is 5.92 Å². The molecule has 1 aromatic heterocycles. The Hall–Kier alpha value is -2.40. The molecule has 5 nitrogen and oxygen atoms in total. The third kappa shape index (κ3) is 4.79. The number of ether oxygens (including phenoxy) is 2. The van der Waals surface area contributed by atoms with Gasteiger partial charge in [-0.2, -0.15) is 0 Å². The van der Waals surface area contributed by atoms with Crippen LogP contribution in [0.5, 0.6) is 5.75 Å². The van der Waals surface area contributed by atoms with Crippen LogP contribution in [0.3, 0.4) is 0 Å². The maximum absolute atomic E-state index is 12.6. The van der Waals surface area contributed by atoms with Crippen LogP contribution in [0.25, 0.3) is 0 Å². The summed E-state index contributed by atoms with van der Waals surface area (Å²) in [7, 11) is 0. The average molecular weight is 340 g/mol. The van der Waals surface area contributed by atoms with Crippen LogP contribution in [0.15, 0.2) is 48.8 Å². The Balaban J connectivity index is 1.53. The highest BCUT2D eigenvalue weighted by molar-refractivity contribution is 5.79. The third-order valence-electron chi connectivity index (χ3n) is 4.37. The van der Waals surface area contributed by atoms with Crippen molar-refractivity contribution in [3.63, 3.8) is 0 Å². The zero-order valence-corrected chi connectivity index (χ0v) is 14.5. The molecule has 5 heteroatoms. The van der Waals surface area contributed by atoms with Crippen LogP contribution in [0.1, 0.15) is 30.1 Å². The number of pyridine rings is 1. The molecule has 0 radical (unpaired) electrons. The summed E-state index contributed by atoms with van der Waals surface area (Å²) in [5.41, 5.74) is 2.27. The minimum atomic E-state index is -0.173. The van der Waals surface area contributed by atoms with Crippen LogP contribution >= 0.6 is 0 Å². The first-order valence-electron chi connectivity index (χ1n) is 8.73. The van der Waals surface area contributed by atoms with Crippen molar-refractivity contribution in [3.05, 3.63) is 59.9 Å². The van der Waals surface area contributed by atoms with Crippen molar-refractivity contribution in [2.45, 2.75) is 25.9 Å². The fraction of sp³-hybridized carbons (Fsp3) is 0.400. The highest BCUT2D eigenvalue weighted by Crippen LogP contribution is 2.33. The van der Waals surface area contributed by atoms with Gasteiger partial charge in [0.25, 0.3) is 0 Å². The second-order valence-corrected chi connectivity index (χ2v) is 6.28. The monoisotopic (exact) mass is 340 g/mol. The van der Waals surface area contributed by atoms with Crippen LogP contribution in [-0.4, -0.2) is 30.6 Å². The number of hydrogen-bond donors (Lipinski definition) is 1. The van der Waals surface area contributed by atoms with Crippen molar-refractivity contribution in [1.29, 1.82) is 0 Å². The van der Waals surface area contributed by atoms with E-state index in [0.29, 0.717) is 25.5 Å². The van der Waals surface area contributed by atoms with E-state index in [9.17, 15) is 4.79 Å². The molecule has 0 aliphatic carbocycles.